The number of benzene rings is 1. The molecular weight excluding hydrogens is 408 g/mol. The largest absolute Gasteiger partial charge is 0.466 e. The Labute approximate surface area is 182 Å². The zero-order valence-corrected chi connectivity index (χ0v) is 18.8. The molecule has 1 unspecified atom stereocenters. The second-order valence-corrected chi connectivity index (χ2v) is 7.67. The van der Waals surface area contributed by atoms with Gasteiger partial charge in [-0.3, -0.25) is 0 Å². The van der Waals surface area contributed by atoms with E-state index >= 15 is 0 Å². The molecule has 0 aliphatic carbocycles. The van der Waals surface area contributed by atoms with Gasteiger partial charge in [-0.05, 0) is 39.3 Å². The summed E-state index contributed by atoms with van der Waals surface area (Å²) in [6.07, 6.45) is 0. The van der Waals surface area contributed by atoms with E-state index < -0.39 is 23.5 Å². The number of carbonyl (C=O) groups excluding carboxylic acids is 2. The average molecular weight is 437 g/mol. The monoisotopic (exact) mass is 436 g/mol. The molecule has 0 aromatic heterocycles. The van der Waals surface area contributed by atoms with Gasteiger partial charge >= 0.3 is 11.9 Å². The fourth-order valence-corrected chi connectivity index (χ4v) is 3.76. The van der Waals surface area contributed by atoms with Crippen molar-refractivity contribution >= 4 is 23.5 Å². The number of ether oxygens (including phenoxy) is 3. The molecule has 1 aromatic rings. The van der Waals surface area contributed by atoms with Crippen LogP contribution >= 0.6 is 11.6 Å². The van der Waals surface area contributed by atoms with Crippen LogP contribution in [0.4, 0.5) is 0 Å². The van der Waals surface area contributed by atoms with Gasteiger partial charge in [-0.2, -0.15) is 0 Å². The number of nitrogens with two attached hydrogens (primary N) is 1. The number of esters is 2. The number of dihydropyridines is 1. The number of nitrogens with one attached hydrogen (secondary N) is 1. The summed E-state index contributed by atoms with van der Waals surface area (Å²) in [5.74, 6) is -1.92. The molecule has 0 radical (unpaired) electrons. The van der Waals surface area contributed by atoms with Crippen LogP contribution in [-0.2, 0) is 23.8 Å². The third-order valence-corrected chi connectivity index (χ3v) is 5.21. The van der Waals surface area contributed by atoms with E-state index in [0.29, 0.717) is 28.5 Å². The lowest BCUT2D eigenvalue weighted by molar-refractivity contribution is -0.139. The molecule has 1 aromatic carbocycles. The lowest BCUT2D eigenvalue weighted by atomic mass is 9.77. The number of carbonyl (C=O) groups is 2. The van der Waals surface area contributed by atoms with Crippen molar-refractivity contribution < 1.29 is 23.8 Å². The molecule has 1 aliphatic heterocycles. The van der Waals surface area contributed by atoms with Crippen LogP contribution < -0.4 is 11.1 Å². The van der Waals surface area contributed by atoms with E-state index in [1.807, 2.05) is 13.8 Å². The van der Waals surface area contributed by atoms with Crippen LogP contribution in [-0.4, -0.2) is 44.4 Å². The van der Waals surface area contributed by atoms with Crippen LogP contribution in [0.5, 0.6) is 0 Å². The molecule has 1 aliphatic rings. The van der Waals surface area contributed by atoms with Crippen molar-refractivity contribution in [2.45, 2.75) is 39.2 Å². The number of methoxy groups -OCH3 is 1. The van der Waals surface area contributed by atoms with Crippen molar-refractivity contribution in [1.82, 2.24) is 5.32 Å². The standard InChI is InChI=1S/C22H29ClN2O5/c1-6-29-21(27)18-17(14-9-7-8-10-15(14)23)16(20(26)28-5)13(2)25-19(18)22(3,4)30-12-11-24/h7-10,17,25H,6,11-12,24H2,1-5H3. The first-order chi connectivity index (χ1) is 14.2. The maximum absolute atomic E-state index is 13.2. The van der Waals surface area contributed by atoms with Gasteiger partial charge < -0.3 is 25.3 Å². The maximum Gasteiger partial charge on any atom is 0.336 e. The highest BCUT2D eigenvalue weighted by molar-refractivity contribution is 6.31. The number of rotatable bonds is 8. The van der Waals surface area contributed by atoms with Crippen LogP contribution in [0.1, 0.15) is 39.2 Å². The van der Waals surface area contributed by atoms with E-state index in [-0.39, 0.29) is 24.4 Å². The number of halogens is 1. The van der Waals surface area contributed by atoms with Crippen LogP contribution in [0.2, 0.25) is 5.02 Å². The lowest BCUT2D eigenvalue weighted by Gasteiger charge is -2.38. The Morgan fingerprint density at radius 3 is 2.43 bits per heavy atom. The molecule has 164 valence electrons. The SMILES string of the molecule is CCOC(=O)C1=C(C(C)(C)OCCN)NC(C)=C(C(=O)OC)C1c1ccccc1Cl. The summed E-state index contributed by atoms with van der Waals surface area (Å²) in [6.45, 7) is 7.90. The Balaban J connectivity index is 2.83. The molecular formula is C22H29ClN2O5. The zero-order chi connectivity index (χ0) is 22.5. The normalized spacial score (nSPS) is 17.0. The Kier molecular flexibility index (Phi) is 8.06. The predicted octanol–water partition coefficient (Wildman–Crippen LogP) is 3.04. The molecule has 0 fully saturated rings. The number of allylic oxidation sites excluding steroid dienone is 1. The van der Waals surface area contributed by atoms with Crippen LogP contribution in [0.3, 0.4) is 0 Å². The third kappa shape index (κ3) is 4.86. The first kappa shape index (κ1) is 23.9. The Morgan fingerprint density at radius 1 is 1.20 bits per heavy atom. The molecule has 0 spiro atoms. The summed E-state index contributed by atoms with van der Waals surface area (Å²) in [7, 11) is 1.30. The number of hydrogen-bond acceptors (Lipinski definition) is 7. The molecule has 3 N–H and O–H groups in total. The number of hydrogen-bond donors (Lipinski definition) is 2. The molecule has 0 bridgehead atoms. The molecule has 7 nitrogen and oxygen atoms in total. The van der Waals surface area contributed by atoms with Gasteiger partial charge in [0.05, 0.1) is 43.1 Å². The van der Waals surface area contributed by atoms with Gasteiger partial charge in [-0.15, -0.1) is 0 Å². The Hall–Kier alpha value is -2.35. The van der Waals surface area contributed by atoms with Crippen molar-refractivity contribution in [2.24, 2.45) is 5.73 Å². The van der Waals surface area contributed by atoms with E-state index in [0.717, 1.165) is 0 Å². The molecule has 0 saturated carbocycles. The van der Waals surface area contributed by atoms with Crippen molar-refractivity contribution in [3.63, 3.8) is 0 Å². The molecule has 2 rings (SSSR count). The summed E-state index contributed by atoms with van der Waals surface area (Å²) in [6, 6.07) is 7.07. The van der Waals surface area contributed by atoms with Gasteiger partial charge in [0.2, 0.25) is 0 Å². The van der Waals surface area contributed by atoms with Crippen LogP contribution in [0.15, 0.2) is 46.8 Å². The summed E-state index contributed by atoms with van der Waals surface area (Å²) < 4.78 is 16.3. The quantitative estimate of drug-likeness (QED) is 0.604. The van der Waals surface area contributed by atoms with Gasteiger partial charge in [0.25, 0.3) is 0 Å². The smallest absolute Gasteiger partial charge is 0.336 e. The van der Waals surface area contributed by atoms with Gasteiger partial charge in [-0.1, -0.05) is 29.8 Å². The maximum atomic E-state index is 13.2. The third-order valence-electron chi connectivity index (χ3n) is 4.86. The Morgan fingerprint density at radius 2 is 1.87 bits per heavy atom. The zero-order valence-electron chi connectivity index (χ0n) is 18.0. The van der Waals surface area contributed by atoms with Gasteiger partial charge in [-0.25, -0.2) is 9.59 Å². The van der Waals surface area contributed by atoms with Crippen molar-refractivity contribution in [3.05, 3.63) is 57.4 Å². The first-order valence-corrected chi connectivity index (χ1v) is 10.1. The van der Waals surface area contributed by atoms with E-state index in [1.165, 1.54) is 7.11 Å². The summed E-state index contributed by atoms with van der Waals surface area (Å²) in [5, 5.41) is 3.61. The molecule has 0 amide bonds. The van der Waals surface area contributed by atoms with Crippen molar-refractivity contribution in [3.8, 4) is 0 Å². The second-order valence-electron chi connectivity index (χ2n) is 7.27. The van der Waals surface area contributed by atoms with E-state index in [9.17, 15) is 9.59 Å². The van der Waals surface area contributed by atoms with E-state index in [4.69, 9.17) is 31.5 Å². The minimum atomic E-state index is -0.913. The summed E-state index contributed by atoms with van der Waals surface area (Å²) >= 11 is 6.49. The fourth-order valence-electron chi connectivity index (χ4n) is 3.52. The van der Waals surface area contributed by atoms with E-state index in [1.54, 1.807) is 38.1 Å². The molecule has 8 heteroatoms. The topological polar surface area (TPSA) is 99.9 Å². The first-order valence-electron chi connectivity index (χ1n) is 9.75. The van der Waals surface area contributed by atoms with Crippen molar-refractivity contribution in [1.29, 1.82) is 0 Å². The fraction of sp³-hybridized carbons (Fsp3) is 0.455. The summed E-state index contributed by atoms with van der Waals surface area (Å²) in [4.78, 5) is 25.9. The van der Waals surface area contributed by atoms with Gasteiger partial charge in [0, 0.05) is 17.3 Å². The predicted molar refractivity (Wildman–Crippen MR) is 115 cm³/mol. The molecule has 1 atom stereocenters. The summed E-state index contributed by atoms with van der Waals surface area (Å²) in [5.41, 5.74) is 6.86. The lowest BCUT2D eigenvalue weighted by Crippen LogP contribution is -2.43. The van der Waals surface area contributed by atoms with Crippen molar-refractivity contribution in [2.75, 3.05) is 26.9 Å². The highest BCUT2D eigenvalue weighted by Crippen LogP contribution is 2.44. The van der Waals surface area contributed by atoms with Gasteiger partial charge in [0.1, 0.15) is 5.60 Å². The molecule has 1 heterocycles. The average Bonchev–Trinajstić information content (AvgIpc) is 2.71. The minimum Gasteiger partial charge on any atom is -0.466 e. The second kappa shape index (κ2) is 10.1. The van der Waals surface area contributed by atoms with E-state index in [2.05, 4.69) is 5.32 Å². The van der Waals surface area contributed by atoms with Crippen LogP contribution in [0.25, 0.3) is 0 Å². The Bertz CT molecular complexity index is 876. The molecule has 30 heavy (non-hydrogen) atoms. The molecule has 0 saturated heterocycles. The van der Waals surface area contributed by atoms with Gasteiger partial charge in [0.15, 0.2) is 0 Å². The highest BCUT2D eigenvalue weighted by Gasteiger charge is 2.43. The minimum absolute atomic E-state index is 0.172. The highest BCUT2D eigenvalue weighted by atomic mass is 35.5. The van der Waals surface area contributed by atoms with Crippen LogP contribution in [0, 0.1) is 0 Å².